The lowest BCUT2D eigenvalue weighted by atomic mass is 9.87. The lowest BCUT2D eigenvalue weighted by Gasteiger charge is -2.26. The second kappa shape index (κ2) is 8.12. The molecule has 1 aliphatic rings. The number of sulfonamides is 1. The molecule has 2 aromatic rings. The summed E-state index contributed by atoms with van der Waals surface area (Å²) in [5.41, 5.74) is 2.52. The summed E-state index contributed by atoms with van der Waals surface area (Å²) in [5.74, 6) is -0.0305. The molecule has 0 bridgehead atoms. The molecule has 1 amide bonds. The molecule has 25 heavy (non-hydrogen) atoms. The van der Waals surface area contributed by atoms with Gasteiger partial charge in [0.05, 0.1) is 6.04 Å². The highest BCUT2D eigenvalue weighted by atomic mass is 32.2. The largest absolute Gasteiger partial charge is 0.349 e. The standard InChI is InChI=1S/C18H22N2O3S2/c21-17(10-4-12-19-25(22,23)18-11-5-13-24-18)20-16-9-3-7-14-6-1-2-8-15(14)16/h1-2,5-6,8,11,13,16,19H,3-4,7,9-10,12H2,(H,20,21)/t16-/m1/s1. The normalized spacial score (nSPS) is 17.0. The summed E-state index contributed by atoms with van der Waals surface area (Å²) in [4.78, 5) is 12.2. The van der Waals surface area contributed by atoms with E-state index in [2.05, 4.69) is 22.2 Å². The number of nitrogens with one attached hydrogen (secondary N) is 2. The molecular formula is C18H22N2O3S2. The maximum Gasteiger partial charge on any atom is 0.250 e. The van der Waals surface area contributed by atoms with Crippen LogP contribution < -0.4 is 10.0 Å². The summed E-state index contributed by atoms with van der Waals surface area (Å²) < 4.78 is 26.8. The first-order chi connectivity index (χ1) is 12.1. The van der Waals surface area contributed by atoms with Crippen molar-refractivity contribution in [1.82, 2.24) is 10.0 Å². The minimum Gasteiger partial charge on any atom is -0.349 e. The molecule has 2 N–H and O–H groups in total. The van der Waals surface area contributed by atoms with Crippen LogP contribution in [0.3, 0.4) is 0 Å². The number of rotatable bonds is 7. The summed E-state index contributed by atoms with van der Waals surface area (Å²) >= 11 is 1.18. The summed E-state index contributed by atoms with van der Waals surface area (Å²) in [7, 11) is -3.45. The Balaban J connectivity index is 1.45. The van der Waals surface area contributed by atoms with Crippen LogP contribution in [-0.4, -0.2) is 20.9 Å². The third-order valence-corrected chi connectivity index (χ3v) is 7.20. The van der Waals surface area contributed by atoms with Crippen LogP contribution in [0.2, 0.25) is 0 Å². The van der Waals surface area contributed by atoms with Gasteiger partial charge in [-0.15, -0.1) is 11.3 Å². The Morgan fingerprint density at radius 1 is 1.20 bits per heavy atom. The van der Waals surface area contributed by atoms with Crippen LogP contribution in [0.25, 0.3) is 0 Å². The average Bonchev–Trinajstić information content (AvgIpc) is 3.15. The summed E-state index contributed by atoms with van der Waals surface area (Å²) in [5, 5.41) is 4.81. The zero-order valence-corrected chi connectivity index (χ0v) is 15.5. The van der Waals surface area contributed by atoms with E-state index in [1.54, 1.807) is 17.5 Å². The van der Waals surface area contributed by atoms with Crippen molar-refractivity contribution in [2.75, 3.05) is 6.54 Å². The number of thiophene rings is 1. The highest BCUT2D eigenvalue weighted by molar-refractivity contribution is 7.91. The molecule has 0 saturated heterocycles. The van der Waals surface area contributed by atoms with Crippen LogP contribution in [0.15, 0.2) is 46.0 Å². The fraction of sp³-hybridized carbons (Fsp3) is 0.389. The molecule has 0 unspecified atom stereocenters. The van der Waals surface area contributed by atoms with Gasteiger partial charge in [0.2, 0.25) is 15.9 Å². The number of carbonyl (C=O) groups excluding carboxylic acids is 1. The van der Waals surface area contributed by atoms with E-state index in [1.165, 1.54) is 22.5 Å². The SMILES string of the molecule is O=C(CCCNS(=O)(=O)c1cccs1)N[C@@H]1CCCc2ccccc21. The summed E-state index contributed by atoms with van der Waals surface area (Å²) in [6, 6.07) is 11.6. The van der Waals surface area contributed by atoms with E-state index in [0.717, 1.165) is 19.3 Å². The van der Waals surface area contributed by atoms with E-state index >= 15 is 0 Å². The third kappa shape index (κ3) is 4.68. The Bertz CT molecular complexity index is 817. The molecule has 7 heteroatoms. The van der Waals surface area contributed by atoms with Gasteiger partial charge in [-0.3, -0.25) is 4.79 Å². The molecule has 1 aromatic carbocycles. The van der Waals surface area contributed by atoms with Crippen molar-refractivity contribution in [3.63, 3.8) is 0 Å². The Kier molecular flexibility index (Phi) is 5.88. The summed E-state index contributed by atoms with van der Waals surface area (Å²) in [6.45, 7) is 0.259. The van der Waals surface area contributed by atoms with E-state index in [-0.39, 0.29) is 18.5 Å². The monoisotopic (exact) mass is 378 g/mol. The molecular weight excluding hydrogens is 356 g/mol. The maximum absolute atomic E-state index is 12.2. The predicted molar refractivity (Wildman–Crippen MR) is 99.0 cm³/mol. The van der Waals surface area contributed by atoms with Crippen molar-refractivity contribution in [2.45, 2.75) is 42.4 Å². The van der Waals surface area contributed by atoms with E-state index in [0.29, 0.717) is 17.1 Å². The molecule has 0 fully saturated rings. The fourth-order valence-corrected chi connectivity index (χ4v) is 5.22. The zero-order chi connectivity index (χ0) is 17.7. The zero-order valence-electron chi connectivity index (χ0n) is 13.9. The van der Waals surface area contributed by atoms with Crippen molar-refractivity contribution in [3.05, 3.63) is 52.9 Å². The van der Waals surface area contributed by atoms with E-state index in [1.807, 2.05) is 12.1 Å². The highest BCUT2D eigenvalue weighted by Crippen LogP contribution is 2.29. The van der Waals surface area contributed by atoms with Gasteiger partial charge < -0.3 is 5.32 Å². The van der Waals surface area contributed by atoms with Gasteiger partial charge in [0.25, 0.3) is 0 Å². The number of benzene rings is 1. The summed E-state index contributed by atoms with van der Waals surface area (Å²) in [6.07, 6.45) is 3.87. The van der Waals surface area contributed by atoms with Gasteiger partial charge in [-0.25, -0.2) is 13.1 Å². The molecule has 1 aliphatic carbocycles. The number of fused-ring (bicyclic) bond motifs is 1. The van der Waals surface area contributed by atoms with Gasteiger partial charge >= 0.3 is 0 Å². The molecule has 1 aromatic heterocycles. The van der Waals surface area contributed by atoms with Crippen molar-refractivity contribution in [3.8, 4) is 0 Å². The minimum absolute atomic E-state index is 0.0305. The molecule has 0 spiro atoms. The second-order valence-electron chi connectivity index (χ2n) is 6.14. The van der Waals surface area contributed by atoms with Crippen molar-refractivity contribution >= 4 is 27.3 Å². The van der Waals surface area contributed by atoms with E-state index in [4.69, 9.17) is 0 Å². The van der Waals surface area contributed by atoms with Crippen LogP contribution in [0.1, 0.15) is 42.9 Å². The molecule has 3 rings (SSSR count). The van der Waals surface area contributed by atoms with Crippen molar-refractivity contribution in [1.29, 1.82) is 0 Å². The molecule has 0 saturated carbocycles. The van der Waals surface area contributed by atoms with Crippen LogP contribution in [-0.2, 0) is 21.2 Å². The Labute approximate surface area is 152 Å². The average molecular weight is 379 g/mol. The first-order valence-electron chi connectivity index (χ1n) is 8.46. The number of amides is 1. The Hall–Kier alpha value is -1.70. The van der Waals surface area contributed by atoms with Crippen LogP contribution >= 0.6 is 11.3 Å². The Morgan fingerprint density at radius 3 is 2.84 bits per heavy atom. The third-order valence-electron chi connectivity index (χ3n) is 4.34. The van der Waals surface area contributed by atoms with Crippen LogP contribution in [0.4, 0.5) is 0 Å². The van der Waals surface area contributed by atoms with Gasteiger partial charge in [0.15, 0.2) is 0 Å². The van der Waals surface area contributed by atoms with Gasteiger partial charge in [-0.05, 0) is 48.3 Å². The lowest BCUT2D eigenvalue weighted by Crippen LogP contribution is -2.31. The molecule has 0 aliphatic heterocycles. The predicted octanol–water partition coefficient (Wildman–Crippen LogP) is 3.00. The fourth-order valence-electron chi connectivity index (χ4n) is 3.11. The lowest BCUT2D eigenvalue weighted by molar-refractivity contribution is -0.122. The minimum atomic E-state index is -3.45. The first kappa shape index (κ1) is 18.1. The van der Waals surface area contributed by atoms with Gasteiger partial charge in [0.1, 0.15) is 4.21 Å². The molecule has 1 atom stereocenters. The Morgan fingerprint density at radius 2 is 2.04 bits per heavy atom. The van der Waals surface area contributed by atoms with Gasteiger partial charge in [0, 0.05) is 13.0 Å². The molecule has 0 radical (unpaired) electrons. The number of hydrogen-bond donors (Lipinski definition) is 2. The van der Waals surface area contributed by atoms with Crippen molar-refractivity contribution < 1.29 is 13.2 Å². The number of aryl methyl sites for hydroxylation is 1. The van der Waals surface area contributed by atoms with Crippen LogP contribution in [0, 0.1) is 0 Å². The van der Waals surface area contributed by atoms with Gasteiger partial charge in [-0.2, -0.15) is 0 Å². The molecule has 134 valence electrons. The highest BCUT2D eigenvalue weighted by Gasteiger charge is 2.21. The first-order valence-corrected chi connectivity index (χ1v) is 10.8. The van der Waals surface area contributed by atoms with Crippen LogP contribution in [0.5, 0.6) is 0 Å². The smallest absolute Gasteiger partial charge is 0.250 e. The molecule has 1 heterocycles. The second-order valence-corrected chi connectivity index (χ2v) is 9.09. The topological polar surface area (TPSA) is 75.3 Å². The van der Waals surface area contributed by atoms with Crippen molar-refractivity contribution in [2.24, 2.45) is 0 Å². The van der Waals surface area contributed by atoms with E-state index in [9.17, 15) is 13.2 Å². The van der Waals surface area contributed by atoms with E-state index < -0.39 is 10.0 Å². The number of hydrogen-bond acceptors (Lipinski definition) is 4. The molecule has 5 nitrogen and oxygen atoms in total. The maximum atomic E-state index is 12.2. The number of carbonyl (C=O) groups is 1. The quantitative estimate of drug-likeness (QED) is 0.727. The van der Waals surface area contributed by atoms with Gasteiger partial charge in [-0.1, -0.05) is 30.3 Å².